The molecular formula is C12H17N5O2S. The molecule has 0 aromatic carbocycles. The highest BCUT2D eigenvalue weighted by molar-refractivity contribution is 7.99. The lowest BCUT2D eigenvalue weighted by Gasteiger charge is -2.07. The third-order valence-electron chi connectivity index (χ3n) is 2.66. The molecule has 0 fully saturated rings. The number of thioether (sulfide) groups is 1. The predicted molar refractivity (Wildman–Crippen MR) is 78.6 cm³/mol. The van der Waals surface area contributed by atoms with Crippen LogP contribution >= 0.6 is 11.8 Å². The van der Waals surface area contributed by atoms with E-state index in [1.54, 1.807) is 10.9 Å². The van der Waals surface area contributed by atoms with Gasteiger partial charge in [-0.1, -0.05) is 0 Å². The van der Waals surface area contributed by atoms with Crippen LogP contribution in [0, 0.1) is 0 Å². The predicted octanol–water partition coefficient (Wildman–Crippen LogP) is 1.20. The molecule has 7 nitrogen and oxygen atoms in total. The summed E-state index contributed by atoms with van der Waals surface area (Å²) in [5, 5.41) is 8.30. The average Bonchev–Trinajstić information content (AvgIpc) is 2.81. The molecule has 20 heavy (non-hydrogen) atoms. The van der Waals surface area contributed by atoms with E-state index < -0.39 is 0 Å². The first-order valence-corrected chi connectivity index (χ1v) is 7.38. The quantitative estimate of drug-likeness (QED) is 0.802. The van der Waals surface area contributed by atoms with E-state index in [1.807, 2.05) is 14.0 Å². The fraction of sp³-hybridized carbons (Fsp3) is 0.500. The molecule has 0 aliphatic rings. The summed E-state index contributed by atoms with van der Waals surface area (Å²) in [6.45, 7) is 2.78. The first kappa shape index (κ1) is 14.6. The van der Waals surface area contributed by atoms with E-state index in [0.717, 1.165) is 23.4 Å². The highest BCUT2D eigenvalue weighted by atomic mass is 32.2. The lowest BCUT2D eigenvalue weighted by molar-refractivity contribution is -0.137. The van der Waals surface area contributed by atoms with Gasteiger partial charge in [-0.05, 0) is 6.92 Å². The molecule has 2 rings (SSSR count). The first-order chi connectivity index (χ1) is 9.65. The number of nitrogens with one attached hydrogen (secondary N) is 1. The Kier molecular flexibility index (Phi) is 4.78. The molecule has 2 aromatic heterocycles. The number of carbonyl (C=O) groups excluding carboxylic acids is 1. The lowest BCUT2D eigenvalue weighted by atomic mass is 10.4. The maximum absolute atomic E-state index is 11.1. The van der Waals surface area contributed by atoms with Crippen molar-refractivity contribution >= 4 is 34.6 Å². The Bertz CT molecular complexity index is 613. The van der Waals surface area contributed by atoms with Crippen LogP contribution in [-0.4, -0.2) is 45.1 Å². The van der Waals surface area contributed by atoms with Crippen LogP contribution in [-0.2, 0) is 22.3 Å². The van der Waals surface area contributed by atoms with Crippen molar-refractivity contribution in [2.45, 2.75) is 12.7 Å². The lowest BCUT2D eigenvalue weighted by Crippen LogP contribution is -2.07. The van der Waals surface area contributed by atoms with E-state index in [0.29, 0.717) is 17.3 Å². The number of carbonyl (C=O) groups is 1. The molecule has 0 unspecified atom stereocenters. The Morgan fingerprint density at radius 2 is 2.30 bits per heavy atom. The summed E-state index contributed by atoms with van der Waals surface area (Å²) in [5.74, 6) is 2.04. The van der Waals surface area contributed by atoms with E-state index in [-0.39, 0.29) is 5.97 Å². The summed E-state index contributed by atoms with van der Waals surface area (Å²) < 4.78 is 6.31. The number of hydrogen-bond acceptors (Lipinski definition) is 7. The van der Waals surface area contributed by atoms with Gasteiger partial charge >= 0.3 is 5.97 Å². The summed E-state index contributed by atoms with van der Waals surface area (Å²) in [7, 11) is 3.22. The van der Waals surface area contributed by atoms with Gasteiger partial charge in [-0.2, -0.15) is 5.10 Å². The molecule has 1 N–H and O–H groups in total. The molecule has 2 heterocycles. The van der Waals surface area contributed by atoms with Gasteiger partial charge < -0.3 is 10.1 Å². The van der Waals surface area contributed by atoms with Crippen LogP contribution in [0.15, 0.2) is 6.20 Å². The number of fused-ring (bicyclic) bond motifs is 1. The van der Waals surface area contributed by atoms with Gasteiger partial charge in [-0.15, -0.1) is 11.8 Å². The van der Waals surface area contributed by atoms with Crippen LogP contribution in [0.25, 0.3) is 11.0 Å². The summed E-state index contributed by atoms with van der Waals surface area (Å²) in [4.78, 5) is 20.0. The van der Waals surface area contributed by atoms with E-state index in [1.165, 1.54) is 18.9 Å². The number of esters is 1. The van der Waals surface area contributed by atoms with Gasteiger partial charge in [0.1, 0.15) is 11.6 Å². The van der Waals surface area contributed by atoms with Gasteiger partial charge in [-0.25, -0.2) is 9.97 Å². The van der Waals surface area contributed by atoms with Gasteiger partial charge in [0.2, 0.25) is 0 Å². The van der Waals surface area contributed by atoms with Crippen LogP contribution in [0.3, 0.4) is 0 Å². The van der Waals surface area contributed by atoms with Crippen LogP contribution in [0.4, 0.5) is 5.82 Å². The maximum Gasteiger partial charge on any atom is 0.315 e. The number of aryl methyl sites for hydroxylation is 1. The zero-order valence-electron chi connectivity index (χ0n) is 11.7. The van der Waals surface area contributed by atoms with Crippen LogP contribution < -0.4 is 5.32 Å². The molecule has 0 atom stereocenters. The summed E-state index contributed by atoms with van der Waals surface area (Å²) >= 11 is 1.43. The smallest absolute Gasteiger partial charge is 0.315 e. The van der Waals surface area contributed by atoms with Crippen molar-refractivity contribution in [3.63, 3.8) is 0 Å². The zero-order valence-corrected chi connectivity index (χ0v) is 12.5. The van der Waals surface area contributed by atoms with Gasteiger partial charge in [0.15, 0.2) is 5.65 Å². The molecule has 2 aromatic rings. The SMILES string of the molecule is CCNc1nc(CSCC(=O)OC)nc2c1cnn2C. The van der Waals surface area contributed by atoms with Crippen molar-refractivity contribution in [1.29, 1.82) is 0 Å². The number of methoxy groups -OCH3 is 1. The fourth-order valence-corrected chi connectivity index (χ4v) is 2.42. The van der Waals surface area contributed by atoms with Gasteiger partial charge in [0.25, 0.3) is 0 Å². The normalized spacial score (nSPS) is 10.8. The summed E-state index contributed by atoms with van der Waals surface area (Å²) in [6, 6.07) is 0. The standard InChI is InChI=1S/C12H17N5O2S/c1-4-13-11-8-5-14-17(2)12(8)16-9(15-11)6-20-7-10(18)19-3/h5H,4,6-7H2,1-3H3,(H,13,15,16). The van der Waals surface area contributed by atoms with Crippen LogP contribution in [0.2, 0.25) is 0 Å². The van der Waals surface area contributed by atoms with Crippen LogP contribution in [0.1, 0.15) is 12.7 Å². The molecule has 0 amide bonds. The highest BCUT2D eigenvalue weighted by Gasteiger charge is 2.11. The number of aromatic nitrogens is 4. The van der Waals surface area contributed by atoms with Crippen molar-refractivity contribution in [2.75, 3.05) is 24.7 Å². The van der Waals surface area contributed by atoms with E-state index >= 15 is 0 Å². The molecule has 108 valence electrons. The molecule has 0 saturated carbocycles. The number of rotatable bonds is 6. The zero-order chi connectivity index (χ0) is 14.5. The molecule has 0 radical (unpaired) electrons. The largest absolute Gasteiger partial charge is 0.468 e. The summed E-state index contributed by atoms with van der Waals surface area (Å²) in [6.07, 6.45) is 1.75. The number of nitrogens with zero attached hydrogens (tertiary/aromatic N) is 4. The minimum absolute atomic E-state index is 0.247. The molecule has 8 heteroatoms. The molecule has 0 spiro atoms. The number of ether oxygens (including phenoxy) is 1. The molecule has 0 aliphatic carbocycles. The fourth-order valence-electron chi connectivity index (χ4n) is 1.72. The second kappa shape index (κ2) is 6.56. The third kappa shape index (κ3) is 3.19. The first-order valence-electron chi connectivity index (χ1n) is 6.22. The minimum atomic E-state index is -0.247. The summed E-state index contributed by atoms with van der Waals surface area (Å²) in [5.41, 5.74) is 0.782. The average molecular weight is 295 g/mol. The Morgan fingerprint density at radius 3 is 3.00 bits per heavy atom. The van der Waals surface area contributed by atoms with E-state index in [9.17, 15) is 4.79 Å². The van der Waals surface area contributed by atoms with Gasteiger partial charge in [0.05, 0.1) is 30.2 Å². The van der Waals surface area contributed by atoms with Crippen molar-refractivity contribution in [1.82, 2.24) is 19.7 Å². The Balaban J connectivity index is 2.20. The van der Waals surface area contributed by atoms with Gasteiger partial charge in [-0.3, -0.25) is 9.48 Å². The second-order valence-electron chi connectivity index (χ2n) is 4.09. The second-order valence-corrected chi connectivity index (χ2v) is 5.08. The molecule has 0 bridgehead atoms. The molecular weight excluding hydrogens is 278 g/mol. The monoisotopic (exact) mass is 295 g/mol. The minimum Gasteiger partial charge on any atom is -0.468 e. The number of hydrogen-bond donors (Lipinski definition) is 1. The highest BCUT2D eigenvalue weighted by Crippen LogP contribution is 2.21. The Morgan fingerprint density at radius 1 is 1.50 bits per heavy atom. The van der Waals surface area contributed by atoms with Crippen molar-refractivity contribution < 1.29 is 9.53 Å². The van der Waals surface area contributed by atoms with Crippen molar-refractivity contribution in [2.24, 2.45) is 7.05 Å². The molecule has 0 aliphatic heterocycles. The molecule has 0 saturated heterocycles. The Hall–Kier alpha value is -1.83. The van der Waals surface area contributed by atoms with Gasteiger partial charge in [0, 0.05) is 13.6 Å². The Labute approximate surface area is 121 Å². The van der Waals surface area contributed by atoms with E-state index in [2.05, 4.69) is 25.1 Å². The van der Waals surface area contributed by atoms with E-state index in [4.69, 9.17) is 0 Å². The van der Waals surface area contributed by atoms with Crippen molar-refractivity contribution in [3.05, 3.63) is 12.0 Å². The van der Waals surface area contributed by atoms with Crippen LogP contribution in [0.5, 0.6) is 0 Å². The topological polar surface area (TPSA) is 81.9 Å². The van der Waals surface area contributed by atoms with Crippen molar-refractivity contribution in [3.8, 4) is 0 Å². The number of anilines is 1. The third-order valence-corrected chi connectivity index (χ3v) is 3.56. The maximum atomic E-state index is 11.1.